The van der Waals surface area contributed by atoms with Gasteiger partial charge < -0.3 is 15.0 Å². The Morgan fingerprint density at radius 3 is 2.18 bits per heavy atom. The minimum Gasteiger partial charge on any atom is -0.489 e. The number of nitrogens with zero attached hydrogens (tertiary/aromatic N) is 1. The first-order valence-corrected chi connectivity index (χ1v) is 11.2. The van der Waals surface area contributed by atoms with Crippen molar-refractivity contribution in [3.63, 3.8) is 0 Å². The lowest BCUT2D eigenvalue weighted by Gasteiger charge is -2.32. The molecule has 4 heteroatoms. The molecule has 1 heterocycles. The Labute approximate surface area is 194 Å². The van der Waals surface area contributed by atoms with E-state index in [1.165, 1.54) is 0 Å². The first kappa shape index (κ1) is 20.8. The molecule has 2 atom stereocenters. The zero-order valence-electron chi connectivity index (χ0n) is 18.5. The second kappa shape index (κ2) is 9.21. The molecule has 2 unspecified atom stereocenters. The zero-order valence-corrected chi connectivity index (χ0v) is 18.5. The van der Waals surface area contributed by atoms with E-state index in [9.17, 15) is 4.79 Å². The van der Waals surface area contributed by atoms with Crippen molar-refractivity contribution in [2.24, 2.45) is 0 Å². The van der Waals surface area contributed by atoms with E-state index in [0.717, 1.165) is 33.7 Å². The number of amides is 1. The predicted octanol–water partition coefficient (Wildman–Crippen LogP) is 6.59. The van der Waals surface area contributed by atoms with Gasteiger partial charge in [-0.25, -0.2) is 0 Å². The lowest BCUT2D eigenvalue weighted by molar-refractivity contribution is 0.0667. The van der Waals surface area contributed by atoms with E-state index >= 15 is 0 Å². The Balaban J connectivity index is 1.36. The Kier molecular flexibility index (Phi) is 5.81. The maximum Gasteiger partial charge on any atom is 0.256 e. The van der Waals surface area contributed by atoms with Crippen molar-refractivity contribution in [2.45, 2.75) is 25.7 Å². The van der Waals surface area contributed by atoms with Crippen molar-refractivity contribution in [1.82, 2.24) is 4.90 Å². The highest BCUT2D eigenvalue weighted by Gasteiger charge is 2.39. The smallest absolute Gasteiger partial charge is 0.256 e. The number of anilines is 1. The number of fused-ring (bicyclic) bond motifs is 1. The summed E-state index contributed by atoms with van der Waals surface area (Å²) >= 11 is 0. The molecule has 1 aliphatic rings. The van der Waals surface area contributed by atoms with Crippen LogP contribution in [0.2, 0.25) is 0 Å². The summed E-state index contributed by atoms with van der Waals surface area (Å²) in [5.41, 5.74) is 4.92. The van der Waals surface area contributed by atoms with Crippen LogP contribution in [0.25, 0.3) is 0 Å². The largest absolute Gasteiger partial charge is 0.489 e. The lowest BCUT2D eigenvalue weighted by atomic mass is 10.1. The molecule has 0 aromatic heterocycles. The first-order chi connectivity index (χ1) is 16.2. The average Bonchev–Trinajstić information content (AvgIpc) is 3.15. The molecule has 5 rings (SSSR count). The summed E-state index contributed by atoms with van der Waals surface area (Å²) in [4.78, 5) is 15.3. The van der Waals surface area contributed by atoms with Crippen LogP contribution in [0.5, 0.6) is 5.75 Å². The second-order valence-electron chi connectivity index (χ2n) is 8.23. The monoisotopic (exact) mass is 434 g/mol. The van der Waals surface area contributed by atoms with Crippen molar-refractivity contribution in [3.8, 4) is 5.75 Å². The molecule has 0 aliphatic carbocycles. The topological polar surface area (TPSA) is 41.6 Å². The van der Waals surface area contributed by atoms with Gasteiger partial charge in [-0.2, -0.15) is 0 Å². The first-order valence-electron chi connectivity index (χ1n) is 11.2. The van der Waals surface area contributed by atoms with Crippen LogP contribution in [-0.4, -0.2) is 10.8 Å². The molecule has 1 aliphatic heterocycles. The van der Waals surface area contributed by atoms with E-state index in [2.05, 4.69) is 24.4 Å². The molecule has 0 saturated heterocycles. The number of hydrogen-bond donors (Lipinski definition) is 1. The Morgan fingerprint density at radius 1 is 0.818 bits per heavy atom. The third-order valence-electron chi connectivity index (χ3n) is 6.10. The normalized spacial score (nSPS) is 15.7. The van der Waals surface area contributed by atoms with Crippen LogP contribution in [0.1, 0.15) is 46.2 Å². The summed E-state index contributed by atoms with van der Waals surface area (Å²) < 4.78 is 5.92. The van der Waals surface area contributed by atoms with E-state index in [1.54, 1.807) is 0 Å². The summed E-state index contributed by atoms with van der Waals surface area (Å²) in [5.74, 6) is 0.851. The number of carbonyl (C=O) groups is 1. The highest BCUT2D eigenvalue weighted by atomic mass is 16.5. The van der Waals surface area contributed by atoms with Crippen molar-refractivity contribution in [3.05, 3.63) is 131 Å². The molecule has 0 spiro atoms. The number of benzene rings is 4. The fraction of sp³-hybridized carbons (Fsp3) is 0.138. The fourth-order valence-corrected chi connectivity index (χ4v) is 4.32. The van der Waals surface area contributed by atoms with Crippen LogP contribution in [0, 0.1) is 0 Å². The summed E-state index contributed by atoms with van der Waals surface area (Å²) in [6.45, 7) is 2.61. The number of nitrogens with one attached hydrogen (secondary N) is 1. The Hall–Kier alpha value is -4.05. The lowest BCUT2D eigenvalue weighted by Crippen LogP contribution is -2.34. The summed E-state index contributed by atoms with van der Waals surface area (Å²) in [6, 6.07) is 35.9. The molecular formula is C29H26N2O2. The zero-order chi connectivity index (χ0) is 22.6. The van der Waals surface area contributed by atoms with E-state index in [-0.39, 0.29) is 18.1 Å². The van der Waals surface area contributed by atoms with Gasteiger partial charge in [0.15, 0.2) is 0 Å². The van der Waals surface area contributed by atoms with Gasteiger partial charge in [-0.05, 0) is 48.4 Å². The van der Waals surface area contributed by atoms with E-state index in [4.69, 9.17) is 4.74 Å². The minimum absolute atomic E-state index is 0.0438. The highest BCUT2D eigenvalue weighted by molar-refractivity contribution is 5.99. The molecule has 4 aromatic carbocycles. The molecule has 0 radical (unpaired) electrons. The number of ether oxygens (including phenoxy) is 1. The van der Waals surface area contributed by atoms with Crippen molar-refractivity contribution in [2.75, 3.05) is 5.32 Å². The van der Waals surface area contributed by atoms with E-state index in [1.807, 2.05) is 102 Å². The number of hydrogen-bond acceptors (Lipinski definition) is 3. The summed E-state index contributed by atoms with van der Waals surface area (Å²) in [5, 5.41) is 3.58. The molecule has 33 heavy (non-hydrogen) atoms. The standard InChI is InChI=1S/C29H26N2O2/c1-21(23-12-6-3-7-13-23)31-28(26-14-8-9-15-27(26)29(31)32)30-24-16-18-25(19-17-24)33-20-22-10-4-2-5-11-22/h2-19,21,28,30H,20H2,1H3. The molecule has 1 amide bonds. The average molecular weight is 435 g/mol. The molecule has 4 nitrogen and oxygen atoms in total. The van der Waals surface area contributed by atoms with Gasteiger partial charge in [-0.15, -0.1) is 0 Å². The molecule has 4 aromatic rings. The van der Waals surface area contributed by atoms with Crippen LogP contribution in [0.4, 0.5) is 5.69 Å². The molecule has 0 fully saturated rings. The van der Waals surface area contributed by atoms with Gasteiger partial charge >= 0.3 is 0 Å². The van der Waals surface area contributed by atoms with Crippen LogP contribution in [-0.2, 0) is 6.61 Å². The second-order valence-corrected chi connectivity index (χ2v) is 8.23. The molecule has 164 valence electrons. The quantitative estimate of drug-likeness (QED) is 0.357. The molecule has 0 saturated carbocycles. The van der Waals surface area contributed by atoms with Gasteiger partial charge in [0.1, 0.15) is 18.5 Å². The van der Waals surface area contributed by atoms with E-state index < -0.39 is 0 Å². The van der Waals surface area contributed by atoms with Crippen LogP contribution in [0.15, 0.2) is 109 Å². The predicted molar refractivity (Wildman–Crippen MR) is 131 cm³/mol. The van der Waals surface area contributed by atoms with Gasteiger partial charge in [0.25, 0.3) is 5.91 Å². The van der Waals surface area contributed by atoms with Gasteiger partial charge in [0.2, 0.25) is 0 Å². The SMILES string of the molecule is CC(c1ccccc1)N1C(=O)c2ccccc2C1Nc1ccc(OCc2ccccc2)cc1. The minimum atomic E-state index is -0.250. The van der Waals surface area contributed by atoms with E-state index in [0.29, 0.717) is 6.61 Å². The summed E-state index contributed by atoms with van der Waals surface area (Å²) in [6.07, 6.45) is -0.250. The third-order valence-corrected chi connectivity index (χ3v) is 6.10. The molecule has 0 bridgehead atoms. The maximum absolute atomic E-state index is 13.4. The number of rotatable bonds is 7. The van der Waals surface area contributed by atoms with Gasteiger partial charge in [0, 0.05) is 16.8 Å². The Morgan fingerprint density at radius 2 is 1.45 bits per heavy atom. The molecular weight excluding hydrogens is 408 g/mol. The van der Waals surface area contributed by atoms with Gasteiger partial charge in [-0.1, -0.05) is 78.9 Å². The Bertz CT molecular complexity index is 1220. The van der Waals surface area contributed by atoms with Gasteiger partial charge in [0.05, 0.1) is 6.04 Å². The van der Waals surface area contributed by atoms with Gasteiger partial charge in [-0.3, -0.25) is 4.79 Å². The van der Waals surface area contributed by atoms with Crippen molar-refractivity contribution < 1.29 is 9.53 Å². The third kappa shape index (κ3) is 4.33. The van der Waals surface area contributed by atoms with Crippen LogP contribution < -0.4 is 10.1 Å². The van der Waals surface area contributed by atoms with Crippen LogP contribution in [0.3, 0.4) is 0 Å². The molecule has 1 N–H and O–H groups in total. The van der Waals surface area contributed by atoms with Crippen LogP contribution >= 0.6 is 0 Å². The summed E-state index contributed by atoms with van der Waals surface area (Å²) in [7, 11) is 0. The maximum atomic E-state index is 13.4. The van der Waals surface area contributed by atoms with Crippen molar-refractivity contribution in [1.29, 1.82) is 0 Å². The highest BCUT2D eigenvalue weighted by Crippen LogP contribution is 2.40. The fourth-order valence-electron chi connectivity index (χ4n) is 4.32. The van der Waals surface area contributed by atoms with Crippen molar-refractivity contribution >= 4 is 11.6 Å². The number of carbonyl (C=O) groups excluding carboxylic acids is 1.